The first kappa shape index (κ1) is 20.9. The molecule has 3 aromatic carbocycles. The molecule has 0 saturated heterocycles. The second-order valence-corrected chi connectivity index (χ2v) is 9.35. The summed E-state index contributed by atoms with van der Waals surface area (Å²) in [5.74, 6) is 0.376. The summed E-state index contributed by atoms with van der Waals surface area (Å²) in [5, 5.41) is 0. The molecule has 1 aromatic heterocycles. The quantitative estimate of drug-likeness (QED) is 0.423. The first-order valence-electron chi connectivity index (χ1n) is 9.86. The Labute approximate surface area is 181 Å². The Balaban J connectivity index is 1.72. The van der Waals surface area contributed by atoms with Gasteiger partial charge in [0.25, 0.3) is 0 Å². The Morgan fingerprint density at radius 3 is 2.10 bits per heavy atom. The van der Waals surface area contributed by atoms with Gasteiger partial charge in [0.1, 0.15) is 11.6 Å². The van der Waals surface area contributed by atoms with E-state index in [1.54, 1.807) is 42.6 Å². The van der Waals surface area contributed by atoms with Gasteiger partial charge in [0, 0.05) is 30.0 Å². The van der Waals surface area contributed by atoms with Crippen LogP contribution >= 0.6 is 0 Å². The van der Waals surface area contributed by atoms with E-state index < -0.39 is 9.84 Å². The number of hydrogen-bond acceptors (Lipinski definition) is 4. The van der Waals surface area contributed by atoms with Crippen LogP contribution < -0.4 is 0 Å². The summed E-state index contributed by atoms with van der Waals surface area (Å²) in [6, 6.07) is 22.9. The maximum atomic E-state index is 13.5. The molecule has 0 saturated carbocycles. The molecule has 31 heavy (non-hydrogen) atoms. The second kappa shape index (κ2) is 8.78. The van der Waals surface area contributed by atoms with Crippen LogP contribution in [0, 0.1) is 5.82 Å². The van der Waals surface area contributed by atoms with Gasteiger partial charge in [0.05, 0.1) is 10.6 Å². The van der Waals surface area contributed by atoms with Crippen LogP contribution in [0.5, 0.6) is 0 Å². The topological polar surface area (TPSA) is 59.9 Å². The van der Waals surface area contributed by atoms with Crippen LogP contribution in [0.25, 0.3) is 22.4 Å². The van der Waals surface area contributed by atoms with Gasteiger partial charge in [-0.25, -0.2) is 22.8 Å². The molecule has 0 aliphatic carbocycles. The van der Waals surface area contributed by atoms with Crippen LogP contribution in [-0.4, -0.2) is 24.6 Å². The van der Waals surface area contributed by atoms with Crippen LogP contribution in [0.3, 0.4) is 0 Å². The maximum Gasteiger partial charge on any atom is 0.175 e. The molecule has 0 fully saturated rings. The van der Waals surface area contributed by atoms with Crippen molar-refractivity contribution >= 4 is 9.84 Å². The number of nitrogens with zero attached hydrogens (tertiary/aromatic N) is 2. The lowest BCUT2D eigenvalue weighted by Gasteiger charge is -2.12. The minimum absolute atomic E-state index is 0.250. The molecule has 0 amide bonds. The minimum Gasteiger partial charge on any atom is -0.241 e. The first-order chi connectivity index (χ1) is 14.9. The monoisotopic (exact) mass is 432 g/mol. The Morgan fingerprint density at radius 2 is 1.45 bits per heavy atom. The fraction of sp³-hybridized carbons (Fsp3) is 0.120. The Bertz CT molecular complexity index is 1290. The van der Waals surface area contributed by atoms with Crippen molar-refractivity contribution in [2.75, 3.05) is 6.26 Å². The number of halogens is 1. The highest BCUT2D eigenvalue weighted by molar-refractivity contribution is 7.90. The van der Waals surface area contributed by atoms with Crippen molar-refractivity contribution in [1.29, 1.82) is 0 Å². The van der Waals surface area contributed by atoms with Crippen molar-refractivity contribution < 1.29 is 12.8 Å². The number of sulfone groups is 1. The molecular formula is C25H21FN2O2S. The summed E-state index contributed by atoms with van der Waals surface area (Å²) < 4.78 is 37.0. The van der Waals surface area contributed by atoms with E-state index in [-0.39, 0.29) is 10.7 Å². The molecule has 0 spiro atoms. The number of aromatic nitrogens is 2. The lowest BCUT2D eigenvalue weighted by atomic mass is 10.0. The third kappa shape index (κ3) is 5.03. The molecule has 1 heterocycles. The second-order valence-electron chi connectivity index (χ2n) is 7.34. The smallest absolute Gasteiger partial charge is 0.175 e. The van der Waals surface area contributed by atoms with E-state index in [0.717, 1.165) is 23.1 Å². The van der Waals surface area contributed by atoms with Crippen LogP contribution in [0.2, 0.25) is 0 Å². The van der Waals surface area contributed by atoms with Gasteiger partial charge in [-0.15, -0.1) is 0 Å². The fourth-order valence-corrected chi connectivity index (χ4v) is 3.99. The zero-order valence-electron chi connectivity index (χ0n) is 17.0. The third-order valence-electron chi connectivity index (χ3n) is 5.03. The van der Waals surface area contributed by atoms with Crippen LogP contribution in [0.15, 0.2) is 90.0 Å². The number of aryl methyl sites for hydroxylation is 2. The summed E-state index contributed by atoms with van der Waals surface area (Å²) >= 11 is 0. The SMILES string of the molecule is CS(=O)(=O)c1ccc(-c2cnc(CCc3ccccc3)nc2-c2ccc(F)cc2)cc1. The molecule has 0 atom stereocenters. The molecule has 4 rings (SSSR count). The number of benzene rings is 3. The van der Waals surface area contributed by atoms with Gasteiger partial charge >= 0.3 is 0 Å². The van der Waals surface area contributed by atoms with Gasteiger partial charge in [-0.3, -0.25) is 0 Å². The lowest BCUT2D eigenvalue weighted by Crippen LogP contribution is -2.02. The third-order valence-corrected chi connectivity index (χ3v) is 6.16. The lowest BCUT2D eigenvalue weighted by molar-refractivity contribution is 0.602. The van der Waals surface area contributed by atoms with Crippen LogP contribution in [0.1, 0.15) is 11.4 Å². The highest BCUT2D eigenvalue weighted by Crippen LogP contribution is 2.31. The summed E-state index contributed by atoms with van der Waals surface area (Å²) in [4.78, 5) is 9.58. The summed E-state index contributed by atoms with van der Waals surface area (Å²) in [6.45, 7) is 0. The summed E-state index contributed by atoms with van der Waals surface area (Å²) in [7, 11) is -3.28. The predicted octanol–water partition coefficient (Wildman–Crippen LogP) is 5.14. The Hall–Kier alpha value is -3.38. The molecule has 4 aromatic rings. The molecule has 0 N–H and O–H groups in total. The van der Waals surface area contributed by atoms with E-state index in [2.05, 4.69) is 17.1 Å². The van der Waals surface area contributed by atoms with Crippen molar-refractivity contribution in [3.8, 4) is 22.4 Å². The van der Waals surface area contributed by atoms with Crippen molar-refractivity contribution in [2.24, 2.45) is 0 Å². The van der Waals surface area contributed by atoms with Crippen molar-refractivity contribution in [2.45, 2.75) is 17.7 Å². The van der Waals surface area contributed by atoms with Gasteiger partial charge < -0.3 is 0 Å². The normalized spacial score (nSPS) is 11.4. The van der Waals surface area contributed by atoms with Crippen molar-refractivity contribution in [1.82, 2.24) is 9.97 Å². The molecule has 0 unspecified atom stereocenters. The average molecular weight is 433 g/mol. The molecule has 0 radical (unpaired) electrons. The average Bonchev–Trinajstić information content (AvgIpc) is 2.78. The fourth-order valence-electron chi connectivity index (χ4n) is 3.36. The van der Waals surface area contributed by atoms with Gasteiger partial charge in [-0.1, -0.05) is 42.5 Å². The largest absolute Gasteiger partial charge is 0.241 e. The van der Waals surface area contributed by atoms with E-state index in [9.17, 15) is 12.8 Å². The van der Waals surface area contributed by atoms with E-state index in [4.69, 9.17) is 4.98 Å². The van der Waals surface area contributed by atoms with Crippen molar-refractivity contribution in [3.05, 3.63) is 102 Å². The van der Waals surface area contributed by atoms with Gasteiger partial charge in [-0.2, -0.15) is 0 Å². The predicted molar refractivity (Wildman–Crippen MR) is 120 cm³/mol. The van der Waals surface area contributed by atoms with Crippen molar-refractivity contribution in [3.63, 3.8) is 0 Å². The van der Waals surface area contributed by atoms with Crippen LogP contribution in [-0.2, 0) is 22.7 Å². The molecular weight excluding hydrogens is 411 g/mol. The maximum absolute atomic E-state index is 13.5. The standard InChI is InChI=1S/C25H21FN2O2S/c1-31(29,30)22-14-10-19(11-15-22)23-17-27-24(16-7-18-5-3-2-4-6-18)28-25(23)20-8-12-21(26)13-9-20/h2-6,8-15,17H,7,16H2,1H3. The van der Waals surface area contributed by atoms with Gasteiger partial charge in [-0.05, 0) is 53.9 Å². The highest BCUT2D eigenvalue weighted by Gasteiger charge is 2.14. The molecule has 0 bridgehead atoms. The first-order valence-corrected chi connectivity index (χ1v) is 11.8. The summed E-state index contributed by atoms with van der Waals surface area (Å²) in [6.07, 6.45) is 4.41. The highest BCUT2D eigenvalue weighted by atomic mass is 32.2. The number of rotatable bonds is 6. The molecule has 6 heteroatoms. The van der Waals surface area contributed by atoms with E-state index in [1.807, 2.05) is 18.2 Å². The zero-order chi connectivity index (χ0) is 21.8. The van der Waals surface area contributed by atoms with Crippen LogP contribution in [0.4, 0.5) is 4.39 Å². The van der Waals surface area contributed by atoms with E-state index in [0.29, 0.717) is 17.9 Å². The van der Waals surface area contributed by atoms with E-state index in [1.165, 1.54) is 24.0 Å². The van der Waals surface area contributed by atoms with Gasteiger partial charge in [0.2, 0.25) is 0 Å². The minimum atomic E-state index is -3.28. The number of hydrogen-bond donors (Lipinski definition) is 0. The van der Waals surface area contributed by atoms with E-state index >= 15 is 0 Å². The molecule has 156 valence electrons. The molecule has 0 aliphatic rings. The zero-order valence-corrected chi connectivity index (χ0v) is 17.8. The van der Waals surface area contributed by atoms with Gasteiger partial charge in [0.15, 0.2) is 9.84 Å². The Morgan fingerprint density at radius 1 is 0.806 bits per heavy atom. The Kier molecular flexibility index (Phi) is 5.91. The summed E-state index contributed by atoms with van der Waals surface area (Å²) in [5.41, 5.74) is 4.21. The molecule has 0 aliphatic heterocycles. The molecule has 4 nitrogen and oxygen atoms in total.